The number of nitrogens with two attached hydrogens (primary N) is 1. The highest BCUT2D eigenvalue weighted by molar-refractivity contribution is 9.11. The Kier molecular flexibility index (Phi) is 2.66. The van der Waals surface area contributed by atoms with Crippen LogP contribution in [0.4, 0.5) is 0 Å². The second kappa shape index (κ2) is 3.58. The molecule has 0 bridgehead atoms. The molecule has 0 radical (unpaired) electrons. The SMILES string of the molecule is NS(=O)(=O)c1cc(Br)c2[nH]cc(Br)c2c1. The Labute approximate surface area is 103 Å². The zero-order valence-electron chi connectivity index (χ0n) is 7.29. The maximum atomic E-state index is 11.2. The third-order valence-electron chi connectivity index (χ3n) is 1.99. The lowest BCUT2D eigenvalue weighted by Crippen LogP contribution is -2.11. The molecule has 2 aromatic rings. The summed E-state index contributed by atoms with van der Waals surface area (Å²) in [6.45, 7) is 0. The van der Waals surface area contributed by atoms with Crippen molar-refractivity contribution in [2.45, 2.75) is 4.90 Å². The predicted octanol–water partition coefficient (Wildman–Crippen LogP) is 2.34. The number of rotatable bonds is 1. The van der Waals surface area contributed by atoms with E-state index in [9.17, 15) is 8.42 Å². The fraction of sp³-hybridized carbons (Fsp3) is 0. The van der Waals surface area contributed by atoms with Gasteiger partial charge in [0.15, 0.2) is 0 Å². The molecule has 15 heavy (non-hydrogen) atoms. The van der Waals surface area contributed by atoms with Gasteiger partial charge in [-0.15, -0.1) is 0 Å². The largest absolute Gasteiger partial charge is 0.359 e. The average molecular weight is 354 g/mol. The first kappa shape index (κ1) is 11.1. The van der Waals surface area contributed by atoms with Crippen molar-refractivity contribution in [1.29, 1.82) is 0 Å². The lowest BCUT2D eigenvalue weighted by atomic mass is 10.2. The number of H-pyrrole nitrogens is 1. The molecule has 0 aliphatic rings. The standard InChI is InChI=1S/C8H6Br2N2O2S/c9-6-2-4(15(11,13)14)1-5-7(10)3-12-8(5)6/h1-3,12H,(H2,11,13,14). The van der Waals surface area contributed by atoms with E-state index in [4.69, 9.17) is 5.14 Å². The van der Waals surface area contributed by atoms with E-state index in [1.54, 1.807) is 6.20 Å². The first-order valence-corrected chi connectivity index (χ1v) is 7.02. The van der Waals surface area contributed by atoms with E-state index in [0.29, 0.717) is 4.47 Å². The number of sulfonamides is 1. The smallest absolute Gasteiger partial charge is 0.238 e. The van der Waals surface area contributed by atoms with Crippen LogP contribution in [0.5, 0.6) is 0 Å². The molecule has 2 rings (SSSR count). The maximum Gasteiger partial charge on any atom is 0.238 e. The molecule has 0 unspecified atom stereocenters. The molecule has 0 fully saturated rings. The molecular formula is C8H6Br2N2O2S. The van der Waals surface area contributed by atoms with Gasteiger partial charge in [-0.2, -0.15) is 0 Å². The van der Waals surface area contributed by atoms with Crippen LogP contribution in [0.15, 0.2) is 32.2 Å². The Morgan fingerprint density at radius 2 is 1.87 bits per heavy atom. The van der Waals surface area contributed by atoms with Crippen molar-refractivity contribution in [3.63, 3.8) is 0 Å². The molecule has 1 aromatic carbocycles. The molecule has 7 heteroatoms. The Balaban J connectivity index is 2.88. The van der Waals surface area contributed by atoms with Crippen molar-refractivity contribution >= 4 is 52.8 Å². The number of aromatic nitrogens is 1. The monoisotopic (exact) mass is 352 g/mol. The summed E-state index contributed by atoms with van der Waals surface area (Å²) >= 11 is 6.60. The second-order valence-electron chi connectivity index (χ2n) is 3.01. The van der Waals surface area contributed by atoms with Gasteiger partial charge in [0.2, 0.25) is 10.0 Å². The second-order valence-corrected chi connectivity index (χ2v) is 6.28. The van der Waals surface area contributed by atoms with E-state index in [1.165, 1.54) is 12.1 Å². The van der Waals surface area contributed by atoms with Crippen molar-refractivity contribution in [3.05, 3.63) is 27.3 Å². The van der Waals surface area contributed by atoms with Crippen LogP contribution in [0.3, 0.4) is 0 Å². The highest BCUT2D eigenvalue weighted by Crippen LogP contribution is 2.31. The van der Waals surface area contributed by atoms with Crippen LogP contribution in [0.1, 0.15) is 0 Å². The van der Waals surface area contributed by atoms with Gasteiger partial charge in [-0.1, -0.05) is 0 Å². The minimum absolute atomic E-state index is 0.0853. The summed E-state index contributed by atoms with van der Waals surface area (Å²) in [6, 6.07) is 3.00. The van der Waals surface area contributed by atoms with Crippen LogP contribution in [0.2, 0.25) is 0 Å². The normalized spacial score (nSPS) is 12.2. The molecular weight excluding hydrogens is 348 g/mol. The Morgan fingerprint density at radius 1 is 1.20 bits per heavy atom. The fourth-order valence-electron chi connectivity index (χ4n) is 1.29. The summed E-state index contributed by atoms with van der Waals surface area (Å²) in [5.41, 5.74) is 0.828. The number of hydrogen-bond donors (Lipinski definition) is 2. The van der Waals surface area contributed by atoms with Crippen LogP contribution in [0, 0.1) is 0 Å². The molecule has 80 valence electrons. The van der Waals surface area contributed by atoms with Gasteiger partial charge in [0.25, 0.3) is 0 Å². The third kappa shape index (κ3) is 1.96. The number of aromatic amines is 1. The van der Waals surface area contributed by atoms with Crippen LogP contribution >= 0.6 is 31.9 Å². The first-order valence-electron chi connectivity index (χ1n) is 3.88. The Bertz CT molecular complexity index is 633. The molecule has 4 nitrogen and oxygen atoms in total. The highest BCUT2D eigenvalue weighted by Gasteiger charge is 2.13. The van der Waals surface area contributed by atoms with Crippen LogP contribution in [0.25, 0.3) is 10.9 Å². The zero-order valence-corrected chi connectivity index (χ0v) is 11.3. The Hall–Kier alpha value is -0.370. The van der Waals surface area contributed by atoms with Crippen molar-refractivity contribution in [3.8, 4) is 0 Å². The van der Waals surface area contributed by atoms with Gasteiger partial charge >= 0.3 is 0 Å². The Morgan fingerprint density at radius 3 is 2.47 bits per heavy atom. The van der Waals surface area contributed by atoms with Gasteiger partial charge in [-0.25, -0.2) is 13.6 Å². The van der Waals surface area contributed by atoms with E-state index >= 15 is 0 Å². The lowest BCUT2D eigenvalue weighted by molar-refractivity contribution is 0.598. The first-order chi connectivity index (χ1) is 6.89. The van der Waals surface area contributed by atoms with Gasteiger partial charge < -0.3 is 4.98 Å². The molecule has 0 spiro atoms. The summed E-state index contributed by atoms with van der Waals surface area (Å²) in [6.07, 6.45) is 1.74. The predicted molar refractivity (Wildman–Crippen MR) is 65.1 cm³/mol. The van der Waals surface area contributed by atoms with E-state index in [1.807, 2.05) is 0 Å². The third-order valence-corrected chi connectivity index (χ3v) is 4.17. The number of nitrogens with one attached hydrogen (secondary N) is 1. The average Bonchev–Trinajstić information content (AvgIpc) is 2.47. The van der Waals surface area contributed by atoms with E-state index in [2.05, 4.69) is 36.8 Å². The minimum Gasteiger partial charge on any atom is -0.359 e. The van der Waals surface area contributed by atoms with Crippen molar-refractivity contribution < 1.29 is 8.42 Å². The molecule has 0 saturated carbocycles. The van der Waals surface area contributed by atoms with Gasteiger partial charge in [0.1, 0.15) is 0 Å². The number of halogens is 2. The summed E-state index contributed by atoms with van der Waals surface area (Å²) in [4.78, 5) is 3.09. The molecule has 1 heterocycles. The van der Waals surface area contributed by atoms with Crippen LogP contribution in [-0.4, -0.2) is 13.4 Å². The summed E-state index contributed by atoms with van der Waals surface area (Å²) < 4.78 is 23.8. The molecule has 0 aliphatic carbocycles. The fourth-order valence-corrected chi connectivity index (χ4v) is 3.01. The topological polar surface area (TPSA) is 76.0 Å². The van der Waals surface area contributed by atoms with Crippen molar-refractivity contribution in [2.75, 3.05) is 0 Å². The zero-order chi connectivity index (χ0) is 11.2. The van der Waals surface area contributed by atoms with E-state index < -0.39 is 10.0 Å². The van der Waals surface area contributed by atoms with Crippen LogP contribution in [-0.2, 0) is 10.0 Å². The highest BCUT2D eigenvalue weighted by atomic mass is 79.9. The maximum absolute atomic E-state index is 11.2. The molecule has 0 aliphatic heterocycles. The van der Waals surface area contributed by atoms with E-state index in [0.717, 1.165) is 15.4 Å². The van der Waals surface area contributed by atoms with Gasteiger partial charge in [-0.05, 0) is 44.0 Å². The minimum atomic E-state index is -3.68. The lowest BCUT2D eigenvalue weighted by Gasteiger charge is -2.01. The van der Waals surface area contributed by atoms with Crippen molar-refractivity contribution in [2.24, 2.45) is 5.14 Å². The van der Waals surface area contributed by atoms with Gasteiger partial charge in [-0.3, -0.25) is 0 Å². The molecule has 0 saturated heterocycles. The number of hydrogen-bond acceptors (Lipinski definition) is 2. The van der Waals surface area contributed by atoms with Gasteiger partial charge in [0, 0.05) is 20.5 Å². The summed E-state index contributed by atoms with van der Waals surface area (Å²) in [5.74, 6) is 0. The number of benzene rings is 1. The van der Waals surface area contributed by atoms with E-state index in [-0.39, 0.29) is 4.90 Å². The quantitative estimate of drug-likeness (QED) is 0.825. The molecule has 3 N–H and O–H groups in total. The van der Waals surface area contributed by atoms with Gasteiger partial charge in [0.05, 0.1) is 10.4 Å². The molecule has 0 atom stereocenters. The molecule has 1 aromatic heterocycles. The summed E-state index contributed by atoms with van der Waals surface area (Å²) in [5, 5.41) is 5.83. The number of fused-ring (bicyclic) bond motifs is 1. The summed E-state index contributed by atoms with van der Waals surface area (Å²) in [7, 11) is -3.68. The molecule has 0 amide bonds. The van der Waals surface area contributed by atoms with Crippen LogP contribution < -0.4 is 5.14 Å². The number of primary sulfonamides is 1. The van der Waals surface area contributed by atoms with Crippen molar-refractivity contribution in [1.82, 2.24) is 4.98 Å².